The van der Waals surface area contributed by atoms with E-state index in [2.05, 4.69) is 10.2 Å². The van der Waals surface area contributed by atoms with Gasteiger partial charge in [0, 0.05) is 26.1 Å². The first-order valence-corrected chi connectivity index (χ1v) is 8.64. The molecule has 0 bridgehead atoms. The van der Waals surface area contributed by atoms with Crippen LogP contribution in [-0.2, 0) is 13.6 Å². The smallest absolute Gasteiger partial charge is 0.256 e. The van der Waals surface area contributed by atoms with Crippen LogP contribution in [0.15, 0.2) is 18.2 Å². The topological polar surface area (TPSA) is 54.3 Å². The summed E-state index contributed by atoms with van der Waals surface area (Å²) in [4.78, 5) is 16.2. The third-order valence-electron chi connectivity index (χ3n) is 4.71. The highest BCUT2D eigenvalue weighted by Gasteiger charge is 2.30. The molecule has 0 radical (unpaired) electrons. The molecule has 2 heterocycles. The lowest BCUT2D eigenvalue weighted by Gasteiger charge is -2.32. The van der Waals surface area contributed by atoms with Crippen LogP contribution in [0.5, 0.6) is 0 Å². The Morgan fingerprint density at radius 2 is 2.08 bits per heavy atom. The van der Waals surface area contributed by atoms with Crippen LogP contribution in [0, 0.1) is 11.6 Å². The number of halogens is 2. The average molecular weight is 363 g/mol. The van der Waals surface area contributed by atoms with Gasteiger partial charge in [-0.15, -0.1) is 10.2 Å². The summed E-state index contributed by atoms with van der Waals surface area (Å²) in [7, 11) is 5.84. The minimum absolute atomic E-state index is 0.0257. The number of piperidine rings is 1. The summed E-state index contributed by atoms with van der Waals surface area (Å²) in [5.74, 6) is -0.888. The highest BCUT2D eigenvalue weighted by atomic mass is 19.2. The fourth-order valence-electron chi connectivity index (χ4n) is 3.36. The summed E-state index contributed by atoms with van der Waals surface area (Å²) >= 11 is 0. The molecule has 6 nitrogen and oxygen atoms in total. The van der Waals surface area contributed by atoms with Crippen LogP contribution in [0.2, 0.25) is 0 Å². The van der Waals surface area contributed by atoms with Crippen LogP contribution >= 0.6 is 0 Å². The Kier molecular flexibility index (Phi) is 5.31. The van der Waals surface area contributed by atoms with Crippen LogP contribution < -0.4 is 0 Å². The molecule has 140 valence electrons. The summed E-state index contributed by atoms with van der Waals surface area (Å²) in [6.45, 7) is 1.61. The zero-order chi connectivity index (χ0) is 18.8. The highest BCUT2D eigenvalue weighted by molar-refractivity contribution is 5.94. The number of aromatic nitrogens is 3. The quantitative estimate of drug-likeness (QED) is 0.836. The minimum Gasteiger partial charge on any atom is -0.338 e. The van der Waals surface area contributed by atoms with Gasteiger partial charge in [-0.2, -0.15) is 0 Å². The lowest BCUT2D eigenvalue weighted by atomic mass is 9.96. The van der Waals surface area contributed by atoms with E-state index in [0.717, 1.165) is 30.6 Å². The van der Waals surface area contributed by atoms with Crippen molar-refractivity contribution in [1.29, 1.82) is 0 Å². The molecule has 1 fully saturated rings. The van der Waals surface area contributed by atoms with Crippen molar-refractivity contribution in [2.45, 2.75) is 25.3 Å². The SMILES string of the molecule is CN(C)Cc1nnc([C@@H]2CCCN(C(=O)c3cccc(F)c3F)C2)n1C. The predicted molar refractivity (Wildman–Crippen MR) is 92.6 cm³/mol. The first kappa shape index (κ1) is 18.4. The van der Waals surface area contributed by atoms with Crippen LogP contribution in [0.4, 0.5) is 8.78 Å². The van der Waals surface area contributed by atoms with E-state index in [9.17, 15) is 13.6 Å². The summed E-state index contributed by atoms with van der Waals surface area (Å²) in [5, 5.41) is 8.55. The number of carbonyl (C=O) groups excluding carboxylic acids is 1. The van der Waals surface area contributed by atoms with E-state index in [1.807, 2.05) is 30.6 Å². The maximum Gasteiger partial charge on any atom is 0.256 e. The Balaban J connectivity index is 1.78. The molecule has 1 aromatic carbocycles. The van der Waals surface area contributed by atoms with Crippen molar-refractivity contribution in [3.8, 4) is 0 Å². The zero-order valence-corrected chi connectivity index (χ0v) is 15.2. The Bertz CT molecular complexity index is 805. The van der Waals surface area contributed by atoms with Gasteiger partial charge in [0.25, 0.3) is 5.91 Å². The average Bonchev–Trinajstić information content (AvgIpc) is 2.97. The lowest BCUT2D eigenvalue weighted by molar-refractivity contribution is 0.0697. The number of rotatable bonds is 4. The van der Waals surface area contributed by atoms with Gasteiger partial charge in [0.2, 0.25) is 0 Å². The summed E-state index contributed by atoms with van der Waals surface area (Å²) in [6.07, 6.45) is 1.66. The molecule has 1 aromatic heterocycles. The zero-order valence-electron chi connectivity index (χ0n) is 15.2. The second-order valence-electron chi connectivity index (χ2n) is 6.96. The fraction of sp³-hybridized carbons (Fsp3) is 0.500. The van der Waals surface area contributed by atoms with Crippen molar-refractivity contribution < 1.29 is 13.6 Å². The Hall–Kier alpha value is -2.35. The highest BCUT2D eigenvalue weighted by Crippen LogP contribution is 2.27. The van der Waals surface area contributed by atoms with Gasteiger partial charge >= 0.3 is 0 Å². The van der Waals surface area contributed by atoms with Crippen molar-refractivity contribution in [3.63, 3.8) is 0 Å². The monoisotopic (exact) mass is 363 g/mol. The van der Waals surface area contributed by atoms with Gasteiger partial charge < -0.3 is 14.4 Å². The molecule has 3 rings (SSSR count). The minimum atomic E-state index is -1.09. The molecule has 0 N–H and O–H groups in total. The molecule has 0 saturated carbocycles. The number of carbonyl (C=O) groups is 1. The van der Waals surface area contributed by atoms with Gasteiger partial charge in [0.1, 0.15) is 11.6 Å². The molecular formula is C18H23F2N5O. The number of hydrogen-bond acceptors (Lipinski definition) is 4. The van der Waals surface area contributed by atoms with E-state index in [0.29, 0.717) is 19.6 Å². The molecule has 0 aliphatic carbocycles. The van der Waals surface area contributed by atoms with E-state index >= 15 is 0 Å². The van der Waals surface area contributed by atoms with Gasteiger partial charge in [-0.25, -0.2) is 8.78 Å². The molecule has 1 atom stereocenters. The van der Waals surface area contributed by atoms with E-state index in [1.54, 1.807) is 4.90 Å². The third-order valence-corrected chi connectivity index (χ3v) is 4.71. The molecule has 0 spiro atoms. The summed E-state index contributed by atoms with van der Waals surface area (Å²) < 4.78 is 29.4. The molecule has 1 amide bonds. The van der Waals surface area contributed by atoms with Gasteiger partial charge in [0.05, 0.1) is 12.1 Å². The second-order valence-corrected chi connectivity index (χ2v) is 6.96. The molecule has 8 heteroatoms. The molecule has 1 aliphatic heterocycles. The first-order valence-electron chi connectivity index (χ1n) is 8.64. The van der Waals surface area contributed by atoms with E-state index < -0.39 is 17.5 Å². The normalized spacial score (nSPS) is 17.8. The molecular weight excluding hydrogens is 340 g/mol. The molecule has 1 aliphatic rings. The summed E-state index contributed by atoms with van der Waals surface area (Å²) in [6, 6.07) is 3.68. The van der Waals surface area contributed by atoms with Crippen LogP contribution in [-0.4, -0.2) is 57.7 Å². The fourth-order valence-corrected chi connectivity index (χ4v) is 3.36. The van der Waals surface area contributed by atoms with Crippen LogP contribution in [0.1, 0.15) is 40.8 Å². The number of benzene rings is 1. The van der Waals surface area contributed by atoms with Gasteiger partial charge in [-0.05, 0) is 39.1 Å². The maximum absolute atomic E-state index is 14.0. The van der Waals surface area contributed by atoms with Crippen LogP contribution in [0.25, 0.3) is 0 Å². The van der Waals surface area contributed by atoms with Gasteiger partial charge in [-0.3, -0.25) is 4.79 Å². The van der Waals surface area contributed by atoms with Crippen molar-refractivity contribution >= 4 is 5.91 Å². The number of nitrogens with zero attached hydrogens (tertiary/aromatic N) is 5. The maximum atomic E-state index is 14.0. The van der Waals surface area contributed by atoms with Crippen molar-refractivity contribution in [2.24, 2.45) is 7.05 Å². The Morgan fingerprint density at radius 3 is 2.81 bits per heavy atom. The number of likely N-dealkylation sites (tertiary alicyclic amines) is 1. The Labute approximate surface area is 151 Å². The summed E-state index contributed by atoms with van der Waals surface area (Å²) in [5.41, 5.74) is -0.225. The molecule has 0 unspecified atom stereocenters. The lowest BCUT2D eigenvalue weighted by Crippen LogP contribution is -2.40. The van der Waals surface area contributed by atoms with Gasteiger partial charge in [-0.1, -0.05) is 6.07 Å². The van der Waals surface area contributed by atoms with Crippen LogP contribution in [0.3, 0.4) is 0 Å². The number of hydrogen-bond donors (Lipinski definition) is 0. The first-order chi connectivity index (χ1) is 12.4. The van der Waals surface area contributed by atoms with Crippen molar-refractivity contribution in [2.75, 3.05) is 27.2 Å². The van der Waals surface area contributed by atoms with E-state index in [4.69, 9.17) is 0 Å². The third kappa shape index (κ3) is 3.60. The number of amides is 1. The van der Waals surface area contributed by atoms with Crippen molar-refractivity contribution in [1.82, 2.24) is 24.6 Å². The Morgan fingerprint density at radius 1 is 1.31 bits per heavy atom. The molecule has 2 aromatic rings. The predicted octanol–water partition coefficient (Wildman–Crippen LogP) is 2.17. The largest absolute Gasteiger partial charge is 0.338 e. The van der Waals surface area contributed by atoms with E-state index in [1.165, 1.54) is 12.1 Å². The van der Waals surface area contributed by atoms with Gasteiger partial charge in [0.15, 0.2) is 11.6 Å². The second kappa shape index (κ2) is 7.49. The molecule has 26 heavy (non-hydrogen) atoms. The van der Waals surface area contributed by atoms with E-state index in [-0.39, 0.29) is 11.5 Å². The standard InChI is InChI=1S/C18H23F2N5O/c1-23(2)11-15-21-22-17(24(15)3)12-6-5-9-25(10-12)18(26)13-7-4-8-14(19)16(13)20/h4,7-8,12H,5-6,9-11H2,1-3H3/t12-/m1/s1. The molecule has 1 saturated heterocycles. The van der Waals surface area contributed by atoms with Crippen molar-refractivity contribution in [3.05, 3.63) is 47.0 Å².